The molecule has 9 heteroatoms. The van der Waals surface area contributed by atoms with Crippen LogP contribution in [0.5, 0.6) is 0 Å². The number of carbonyl (C=O) groups excluding carboxylic acids is 2. The van der Waals surface area contributed by atoms with Crippen LogP contribution in [0.3, 0.4) is 0 Å². The predicted octanol–water partition coefficient (Wildman–Crippen LogP) is 5.12. The van der Waals surface area contributed by atoms with Crippen LogP contribution in [0.1, 0.15) is 80.5 Å². The van der Waals surface area contributed by atoms with Crippen molar-refractivity contribution in [3.8, 4) is 0 Å². The van der Waals surface area contributed by atoms with Gasteiger partial charge in [-0.3, -0.25) is 9.59 Å². The average Bonchev–Trinajstić information content (AvgIpc) is 3.72. The molecule has 3 aliphatic rings. The van der Waals surface area contributed by atoms with Crippen LogP contribution in [0.2, 0.25) is 0 Å². The molecule has 8 nitrogen and oxygen atoms in total. The highest BCUT2D eigenvalue weighted by molar-refractivity contribution is 7.18. The third-order valence-corrected chi connectivity index (χ3v) is 9.87. The number of hydrogen-bond donors (Lipinski definition) is 2. The molecule has 0 radical (unpaired) electrons. The molecule has 39 heavy (non-hydrogen) atoms. The number of nitrogens with two attached hydrogens (primary N) is 1. The zero-order chi connectivity index (χ0) is 27.1. The zero-order valence-electron chi connectivity index (χ0n) is 22.9. The van der Waals surface area contributed by atoms with Crippen LogP contribution in [0.15, 0.2) is 30.5 Å². The number of piperidine rings is 2. The molecule has 0 bridgehead atoms. The van der Waals surface area contributed by atoms with Crippen LogP contribution in [0.4, 0.5) is 11.5 Å². The molecule has 0 unspecified atom stereocenters. The van der Waals surface area contributed by atoms with E-state index in [1.807, 2.05) is 18.3 Å². The second-order valence-corrected chi connectivity index (χ2v) is 12.6. The summed E-state index contributed by atoms with van der Waals surface area (Å²) in [4.78, 5) is 40.2. The number of thiazole rings is 1. The highest BCUT2D eigenvalue weighted by Gasteiger charge is 2.35. The molecule has 3 aromatic rings. The molecule has 4 heterocycles. The van der Waals surface area contributed by atoms with Gasteiger partial charge in [0.15, 0.2) is 0 Å². The summed E-state index contributed by atoms with van der Waals surface area (Å²) in [6.45, 7) is 7.03. The fourth-order valence-corrected chi connectivity index (χ4v) is 7.32. The Morgan fingerprint density at radius 2 is 1.90 bits per heavy atom. The van der Waals surface area contributed by atoms with Crippen LogP contribution >= 0.6 is 11.3 Å². The minimum atomic E-state index is -0.641. The molecule has 3 fully saturated rings. The topological polar surface area (TPSA) is 104 Å². The van der Waals surface area contributed by atoms with E-state index in [1.165, 1.54) is 54.7 Å². The molecule has 2 aromatic heterocycles. The molecule has 3 N–H and O–H groups in total. The van der Waals surface area contributed by atoms with E-state index in [2.05, 4.69) is 40.3 Å². The third kappa shape index (κ3) is 5.52. The quantitative estimate of drug-likeness (QED) is 0.431. The molecule has 1 saturated carbocycles. The number of anilines is 2. The number of rotatable bonds is 5. The summed E-state index contributed by atoms with van der Waals surface area (Å²) in [6.07, 6.45) is 9.14. The molecule has 1 aromatic carbocycles. The highest BCUT2D eigenvalue weighted by Crippen LogP contribution is 2.39. The lowest BCUT2D eigenvalue weighted by Gasteiger charge is -2.38. The van der Waals surface area contributed by atoms with Crippen LogP contribution in [-0.4, -0.2) is 57.3 Å². The molecular formula is C30H38N6O2S. The fourth-order valence-electron chi connectivity index (χ4n) is 6.21. The molecule has 206 valence electrons. The molecule has 1 aliphatic carbocycles. The second-order valence-electron chi connectivity index (χ2n) is 11.6. The van der Waals surface area contributed by atoms with Crippen LogP contribution in [0, 0.1) is 5.92 Å². The van der Waals surface area contributed by atoms with Gasteiger partial charge in [-0.25, -0.2) is 9.97 Å². The lowest BCUT2D eigenvalue weighted by Crippen LogP contribution is -2.46. The van der Waals surface area contributed by atoms with E-state index >= 15 is 0 Å². The molecule has 6 rings (SSSR count). The summed E-state index contributed by atoms with van der Waals surface area (Å²) < 4.78 is 1.20. The number of carbonyl (C=O) groups is 2. The largest absolute Gasteiger partial charge is 0.383 e. The van der Waals surface area contributed by atoms with Gasteiger partial charge in [0.2, 0.25) is 0 Å². The van der Waals surface area contributed by atoms with Gasteiger partial charge in [0.25, 0.3) is 0 Å². The number of hydrogen-bond acceptors (Lipinski definition) is 7. The Labute approximate surface area is 234 Å². The summed E-state index contributed by atoms with van der Waals surface area (Å²) >= 11 is 1.81. The zero-order valence-corrected chi connectivity index (χ0v) is 23.7. The van der Waals surface area contributed by atoms with Crippen molar-refractivity contribution in [1.82, 2.24) is 19.8 Å². The minimum absolute atomic E-state index is 0.147. The maximum atomic E-state index is 13.5. The lowest BCUT2D eigenvalue weighted by atomic mass is 9.89. The van der Waals surface area contributed by atoms with E-state index in [1.54, 1.807) is 11.0 Å². The van der Waals surface area contributed by atoms with Gasteiger partial charge >= 0.3 is 11.8 Å². The number of nitrogen functional groups attached to an aromatic ring is 1. The molecular weight excluding hydrogens is 508 g/mol. The van der Waals surface area contributed by atoms with Crippen molar-refractivity contribution in [1.29, 1.82) is 0 Å². The van der Waals surface area contributed by atoms with Gasteiger partial charge in [0, 0.05) is 18.5 Å². The van der Waals surface area contributed by atoms with Crippen LogP contribution < -0.4 is 11.1 Å². The molecule has 2 amide bonds. The van der Waals surface area contributed by atoms with Crippen molar-refractivity contribution in [3.63, 3.8) is 0 Å². The van der Waals surface area contributed by atoms with Gasteiger partial charge < -0.3 is 20.9 Å². The second kappa shape index (κ2) is 10.8. The first-order chi connectivity index (χ1) is 18.9. The van der Waals surface area contributed by atoms with Gasteiger partial charge in [0.1, 0.15) is 5.82 Å². The van der Waals surface area contributed by atoms with Gasteiger partial charge in [-0.2, -0.15) is 0 Å². The first kappa shape index (κ1) is 26.2. The predicted molar refractivity (Wildman–Crippen MR) is 156 cm³/mol. The Bertz CT molecular complexity index is 1380. The number of pyridine rings is 1. The number of fused-ring (bicyclic) bond motifs is 1. The number of likely N-dealkylation sites (tertiary alicyclic amines) is 2. The van der Waals surface area contributed by atoms with Gasteiger partial charge in [0.05, 0.1) is 33.2 Å². The van der Waals surface area contributed by atoms with Crippen molar-refractivity contribution < 1.29 is 9.59 Å². The Kier molecular flexibility index (Phi) is 7.29. The first-order valence-electron chi connectivity index (χ1n) is 14.4. The smallest absolute Gasteiger partial charge is 0.313 e. The minimum Gasteiger partial charge on any atom is -0.383 e. The highest BCUT2D eigenvalue weighted by atomic mass is 32.1. The Morgan fingerprint density at radius 1 is 1.10 bits per heavy atom. The monoisotopic (exact) mass is 546 g/mol. The summed E-state index contributed by atoms with van der Waals surface area (Å²) in [5, 5.41) is 3.99. The summed E-state index contributed by atoms with van der Waals surface area (Å²) in [6, 6.07) is 8.89. The number of benzene rings is 1. The third-order valence-electron chi connectivity index (χ3n) is 8.67. The molecule has 0 spiro atoms. The number of amides is 2. The normalized spacial score (nSPS) is 22.8. The maximum absolute atomic E-state index is 13.5. The van der Waals surface area contributed by atoms with Crippen molar-refractivity contribution in [2.75, 3.05) is 30.7 Å². The van der Waals surface area contributed by atoms with E-state index in [4.69, 9.17) is 10.7 Å². The van der Waals surface area contributed by atoms with E-state index in [9.17, 15) is 9.59 Å². The summed E-state index contributed by atoms with van der Waals surface area (Å²) in [5.74, 6) is 0.157. The van der Waals surface area contributed by atoms with E-state index in [0.717, 1.165) is 35.5 Å². The van der Waals surface area contributed by atoms with Gasteiger partial charge in [-0.05, 0) is 93.3 Å². The fraction of sp³-hybridized carbons (Fsp3) is 0.533. The molecule has 2 saturated heterocycles. The SMILES string of the molecule is CCc1cc(NC(=O)C(=O)N2C[C@@H](C)CC[C@@H]2c2ccc3sc(C4CCN(C5CC5)CC4)nc3c2)cnc1N. The van der Waals surface area contributed by atoms with Crippen LogP contribution in [-0.2, 0) is 16.0 Å². The number of aromatic nitrogens is 2. The average molecular weight is 547 g/mol. The van der Waals surface area contributed by atoms with Crippen molar-refractivity contribution in [2.24, 2.45) is 5.92 Å². The molecule has 2 aliphatic heterocycles. The maximum Gasteiger partial charge on any atom is 0.313 e. The Morgan fingerprint density at radius 3 is 2.64 bits per heavy atom. The van der Waals surface area contributed by atoms with Crippen LogP contribution in [0.25, 0.3) is 10.2 Å². The van der Waals surface area contributed by atoms with E-state index < -0.39 is 11.8 Å². The van der Waals surface area contributed by atoms with Crippen molar-refractivity contribution >= 4 is 44.9 Å². The number of aryl methyl sites for hydroxylation is 1. The van der Waals surface area contributed by atoms with E-state index in [-0.39, 0.29) is 6.04 Å². The van der Waals surface area contributed by atoms with Crippen molar-refractivity contribution in [2.45, 2.75) is 76.8 Å². The first-order valence-corrected chi connectivity index (χ1v) is 15.2. The molecule has 2 atom stereocenters. The van der Waals surface area contributed by atoms with Crippen molar-refractivity contribution in [3.05, 3.63) is 46.6 Å². The Hall–Kier alpha value is -3.04. The van der Waals surface area contributed by atoms with E-state index in [0.29, 0.717) is 36.3 Å². The number of nitrogens with one attached hydrogen (secondary N) is 1. The summed E-state index contributed by atoms with van der Waals surface area (Å²) in [5.41, 5.74) is 9.29. The lowest BCUT2D eigenvalue weighted by molar-refractivity contribution is -0.146. The van der Waals surface area contributed by atoms with Gasteiger partial charge in [-0.1, -0.05) is 19.9 Å². The number of nitrogens with zero attached hydrogens (tertiary/aromatic N) is 4. The standard InChI is InChI=1S/C30H38N6O2S/c1-3-19-14-22(16-32-27(19)31)33-28(37)30(38)36-17-18(2)4-8-25(36)21-5-9-26-24(15-21)34-29(39-26)20-10-12-35(13-11-20)23-6-7-23/h5,9,14-16,18,20,23,25H,3-4,6-8,10-13,17H2,1-2H3,(H2,31,32)(H,33,37)/t18-,25+/m0/s1. The summed E-state index contributed by atoms with van der Waals surface area (Å²) in [7, 11) is 0. The van der Waals surface area contributed by atoms with Gasteiger partial charge in [-0.15, -0.1) is 11.3 Å². The Balaban J connectivity index is 1.19.